The van der Waals surface area contributed by atoms with Crippen molar-refractivity contribution in [2.24, 2.45) is 0 Å². The Balaban J connectivity index is 1.80. The van der Waals surface area contributed by atoms with Crippen molar-refractivity contribution in [2.45, 2.75) is 6.10 Å². The maximum Gasteiger partial charge on any atom is 0.334 e. The molecule has 2 heterocycles. The zero-order valence-corrected chi connectivity index (χ0v) is 14.8. The van der Waals surface area contributed by atoms with E-state index in [2.05, 4.69) is 4.98 Å². The van der Waals surface area contributed by atoms with Crippen molar-refractivity contribution in [2.75, 3.05) is 19.7 Å². The summed E-state index contributed by atoms with van der Waals surface area (Å²) < 4.78 is 19.0. The highest BCUT2D eigenvalue weighted by Gasteiger charge is 2.30. The molecular weight excluding hydrogens is 363 g/mol. The number of ether oxygens (including phenoxy) is 1. The number of halogens is 1. The average Bonchev–Trinajstić information content (AvgIpc) is 2.73. The van der Waals surface area contributed by atoms with Crippen molar-refractivity contribution < 1.29 is 23.8 Å². The summed E-state index contributed by atoms with van der Waals surface area (Å²) in [6.45, 7) is 0.389. The van der Waals surface area contributed by atoms with Crippen LogP contribution in [0.5, 0.6) is 0 Å². The minimum absolute atomic E-state index is 0.0418. The van der Waals surface area contributed by atoms with Crippen LogP contribution < -0.4 is 0 Å². The fourth-order valence-corrected chi connectivity index (χ4v) is 3.29. The van der Waals surface area contributed by atoms with E-state index in [4.69, 9.17) is 4.74 Å². The number of fused-ring (bicyclic) bond motifs is 1. The Morgan fingerprint density at radius 1 is 1.14 bits per heavy atom. The molecule has 0 bridgehead atoms. The number of hydrogen-bond acceptors (Lipinski definition) is 4. The topological polar surface area (TPSA) is 79.7 Å². The predicted octanol–water partition coefficient (Wildman–Crippen LogP) is 2.97. The summed E-state index contributed by atoms with van der Waals surface area (Å²) >= 11 is 0. The third kappa shape index (κ3) is 3.44. The molecule has 1 fully saturated rings. The van der Waals surface area contributed by atoms with Crippen LogP contribution in [0.4, 0.5) is 4.39 Å². The highest BCUT2D eigenvalue weighted by atomic mass is 19.1. The van der Waals surface area contributed by atoms with Gasteiger partial charge >= 0.3 is 5.97 Å². The van der Waals surface area contributed by atoms with E-state index in [0.717, 1.165) is 5.56 Å². The summed E-state index contributed by atoms with van der Waals surface area (Å²) in [5.74, 6) is -1.88. The van der Waals surface area contributed by atoms with E-state index >= 15 is 0 Å². The van der Waals surface area contributed by atoms with Crippen LogP contribution in [0.3, 0.4) is 0 Å². The van der Waals surface area contributed by atoms with Crippen LogP contribution in [0.1, 0.15) is 10.4 Å². The van der Waals surface area contributed by atoms with Gasteiger partial charge in [-0.1, -0.05) is 30.3 Å². The van der Waals surface area contributed by atoms with E-state index in [1.165, 1.54) is 23.1 Å². The van der Waals surface area contributed by atoms with Gasteiger partial charge in [0.15, 0.2) is 6.10 Å². The molecule has 1 aliphatic rings. The Morgan fingerprint density at radius 2 is 1.93 bits per heavy atom. The lowest BCUT2D eigenvalue weighted by Gasteiger charge is -2.31. The SMILES string of the molecule is O=C(O)[C@H]1CN(C(=O)c2cc(-c3ccccc3)nc3cc(F)ccc23)CCO1. The molecule has 0 unspecified atom stereocenters. The molecule has 0 radical (unpaired) electrons. The lowest BCUT2D eigenvalue weighted by molar-refractivity contribution is -0.154. The highest BCUT2D eigenvalue weighted by molar-refractivity contribution is 6.07. The van der Waals surface area contributed by atoms with Crippen molar-refractivity contribution in [3.63, 3.8) is 0 Å². The quantitative estimate of drug-likeness (QED) is 0.756. The lowest BCUT2D eigenvalue weighted by atomic mass is 10.0. The average molecular weight is 380 g/mol. The van der Waals surface area contributed by atoms with Crippen LogP contribution in [-0.2, 0) is 9.53 Å². The minimum Gasteiger partial charge on any atom is -0.479 e. The van der Waals surface area contributed by atoms with Crippen LogP contribution in [-0.4, -0.2) is 52.7 Å². The Hall–Kier alpha value is -3.32. The number of hydrogen-bond donors (Lipinski definition) is 1. The van der Waals surface area contributed by atoms with Gasteiger partial charge < -0.3 is 14.7 Å². The van der Waals surface area contributed by atoms with Crippen molar-refractivity contribution in [1.29, 1.82) is 0 Å². The number of carbonyl (C=O) groups excluding carboxylic acids is 1. The van der Waals surface area contributed by atoms with E-state index in [-0.39, 0.29) is 25.6 Å². The Bertz CT molecular complexity index is 1050. The van der Waals surface area contributed by atoms with Gasteiger partial charge in [-0.3, -0.25) is 4.79 Å². The molecule has 1 amide bonds. The number of carbonyl (C=O) groups is 2. The normalized spacial score (nSPS) is 16.9. The summed E-state index contributed by atoms with van der Waals surface area (Å²) in [6.07, 6.45) is -1.06. The number of rotatable bonds is 3. The van der Waals surface area contributed by atoms with Crippen LogP contribution in [0, 0.1) is 5.82 Å². The molecule has 3 aromatic rings. The van der Waals surface area contributed by atoms with E-state index < -0.39 is 17.9 Å². The first kappa shape index (κ1) is 18.1. The van der Waals surface area contributed by atoms with Crippen molar-refractivity contribution in [3.05, 3.63) is 66.0 Å². The number of aromatic nitrogens is 1. The fourth-order valence-electron chi connectivity index (χ4n) is 3.29. The van der Waals surface area contributed by atoms with E-state index in [9.17, 15) is 19.1 Å². The number of aliphatic carboxylic acids is 1. The van der Waals surface area contributed by atoms with Crippen molar-refractivity contribution in [3.8, 4) is 11.3 Å². The summed E-state index contributed by atoms with van der Waals surface area (Å²) in [7, 11) is 0. The summed E-state index contributed by atoms with van der Waals surface area (Å²) in [5.41, 5.74) is 2.07. The van der Waals surface area contributed by atoms with Gasteiger partial charge in [0.25, 0.3) is 5.91 Å². The third-order valence-electron chi connectivity index (χ3n) is 4.70. The minimum atomic E-state index is -1.11. The number of carboxylic acids is 1. The first-order valence-electron chi connectivity index (χ1n) is 8.82. The summed E-state index contributed by atoms with van der Waals surface area (Å²) in [6, 6.07) is 15.1. The van der Waals surface area contributed by atoms with Gasteiger partial charge in [-0.25, -0.2) is 14.2 Å². The molecule has 2 aromatic carbocycles. The Kier molecular flexibility index (Phi) is 4.75. The van der Waals surface area contributed by atoms with Crippen LogP contribution in [0.2, 0.25) is 0 Å². The predicted molar refractivity (Wildman–Crippen MR) is 100 cm³/mol. The molecule has 4 rings (SSSR count). The second-order valence-electron chi connectivity index (χ2n) is 6.53. The smallest absolute Gasteiger partial charge is 0.334 e. The van der Waals surface area contributed by atoms with E-state index in [0.29, 0.717) is 22.2 Å². The van der Waals surface area contributed by atoms with Gasteiger partial charge in [0, 0.05) is 23.6 Å². The maximum absolute atomic E-state index is 13.8. The molecule has 0 saturated carbocycles. The van der Waals surface area contributed by atoms with Gasteiger partial charge in [0.2, 0.25) is 0 Å². The zero-order chi connectivity index (χ0) is 19.7. The number of pyridine rings is 1. The fraction of sp³-hybridized carbons (Fsp3) is 0.190. The molecule has 142 valence electrons. The van der Waals surface area contributed by atoms with Crippen LogP contribution >= 0.6 is 0 Å². The number of nitrogens with zero attached hydrogens (tertiary/aromatic N) is 2. The summed E-state index contributed by atoms with van der Waals surface area (Å²) in [4.78, 5) is 30.4. The van der Waals surface area contributed by atoms with Gasteiger partial charge in [-0.15, -0.1) is 0 Å². The molecule has 1 atom stereocenters. The van der Waals surface area contributed by atoms with Crippen LogP contribution in [0.25, 0.3) is 22.2 Å². The molecule has 1 N–H and O–H groups in total. The Labute approximate surface area is 160 Å². The van der Waals surface area contributed by atoms with Gasteiger partial charge in [0.1, 0.15) is 5.82 Å². The number of morpholine rings is 1. The molecule has 1 aromatic heterocycles. The first-order valence-corrected chi connectivity index (χ1v) is 8.82. The largest absolute Gasteiger partial charge is 0.479 e. The second-order valence-corrected chi connectivity index (χ2v) is 6.53. The highest BCUT2D eigenvalue weighted by Crippen LogP contribution is 2.27. The molecule has 1 saturated heterocycles. The maximum atomic E-state index is 13.8. The lowest BCUT2D eigenvalue weighted by Crippen LogP contribution is -2.48. The van der Waals surface area contributed by atoms with Crippen molar-refractivity contribution >= 4 is 22.8 Å². The number of benzene rings is 2. The number of carboxylic acid groups (broad SMARTS) is 1. The third-order valence-corrected chi connectivity index (χ3v) is 4.70. The molecule has 0 spiro atoms. The Morgan fingerprint density at radius 3 is 2.68 bits per heavy atom. The molecular formula is C21H17FN2O4. The van der Waals surface area contributed by atoms with Crippen molar-refractivity contribution in [1.82, 2.24) is 9.88 Å². The number of amides is 1. The monoisotopic (exact) mass is 380 g/mol. The standard InChI is InChI=1S/C21H17FN2O4/c22-14-6-7-15-16(20(25)24-8-9-28-19(12-24)21(26)27)11-17(23-18(15)10-14)13-4-2-1-3-5-13/h1-7,10-11,19H,8-9,12H2,(H,26,27)/t19-/m1/s1. The van der Waals surface area contributed by atoms with E-state index in [1.807, 2.05) is 30.3 Å². The summed E-state index contributed by atoms with van der Waals surface area (Å²) in [5, 5.41) is 9.71. The molecule has 7 heteroatoms. The zero-order valence-electron chi connectivity index (χ0n) is 14.8. The van der Waals surface area contributed by atoms with Gasteiger partial charge in [-0.2, -0.15) is 0 Å². The molecule has 28 heavy (non-hydrogen) atoms. The molecule has 0 aliphatic carbocycles. The molecule has 1 aliphatic heterocycles. The first-order chi connectivity index (χ1) is 13.5. The van der Waals surface area contributed by atoms with Gasteiger partial charge in [0.05, 0.1) is 29.9 Å². The second kappa shape index (κ2) is 7.36. The van der Waals surface area contributed by atoms with E-state index in [1.54, 1.807) is 6.07 Å². The molecule has 6 nitrogen and oxygen atoms in total. The van der Waals surface area contributed by atoms with Gasteiger partial charge in [-0.05, 0) is 18.2 Å². The van der Waals surface area contributed by atoms with Crippen LogP contribution in [0.15, 0.2) is 54.6 Å².